The summed E-state index contributed by atoms with van der Waals surface area (Å²) >= 11 is 0. The minimum Gasteiger partial charge on any atom is -0.0805 e. The second kappa shape index (κ2) is 6.74. The van der Waals surface area contributed by atoms with E-state index in [1.165, 1.54) is 56.1 Å². The van der Waals surface area contributed by atoms with Gasteiger partial charge in [-0.15, -0.1) is 0 Å². The van der Waals surface area contributed by atoms with Crippen molar-refractivity contribution in [1.29, 1.82) is 0 Å². The molecule has 0 heteroatoms. The van der Waals surface area contributed by atoms with Crippen LogP contribution < -0.4 is 0 Å². The van der Waals surface area contributed by atoms with Gasteiger partial charge in [0.25, 0.3) is 0 Å². The summed E-state index contributed by atoms with van der Waals surface area (Å²) in [4.78, 5) is 0. The maximum absolute atomic E-state index is 2.39. The van der Waals surface area contributed by atoms with Gasteiger partial charge in [0.05, 0.1) is 0 Å². The summed E-state index contributed by atoms with van der Waals surface area (Å²) in [5, 5.41) is 0. The van der Waals surface area contributed by atoms with Crippen molar-refractivity contribution in [2.45, 2.75) is 50.9 Å². The molecule has 0 fully saturated rings. The number of benzene rings is 1. The fraction of sp³-hybridized carbons (Fsp3) is 0.400. The van der Waals surface area contributed by atoms with Gasteiger partial charge >= 0.3 is 0 Å². The Morgan fingerprint density at radius 3 is 2.80 bits per heavy atom. The van der Waals surface area contributed by atoms with E-state index in [1.54, 1.807) is 5.57 Å². The molecule has 0 nitrogen and oxygen atoms in total. The molecule has 0 radical (unpaired) electrons. The summed E-state index contributed by atoms with van der Waals surface area (Å²) in [6.07, 6.45) is 20.7. The van der Waals surface area contributed by atoms with E-state index in [9.17, 15) is 0 Å². The van der Waals surface area contributed by atoms with Gasteiger partial charge in [-0.05, 0) is 36.8 Å². The topological polar surface area (TPSA) is 0 Å². The molecule has 0 spiro atoms. The van der Waals surface area contributed by atoms with Crippen molar-refractivity contribution in [2.24, 2.45) is 0 Å². The third kappa shape index (κ3) is 3.30. The minimum absolute atomic E-state index is 0.674. The largest absolute Gasteiger partial charge is 0.0805 e. The summed E-state index contributed by atoms with van der Waals surface area (Å²) in [5.74, 6) is 0.674. The van der Waals surface area contributed by atoms with Gasteiger partial charge in [0.15, 0.2) is 0 Å². The fourth-order valence-electron chi connectivity index (χ4n) is 3.32. The minimum atomic E-state index is 0.674. The molecule has 104 valence electrons. The molecular weight excluding hydrogens is 240 g/mol. The third-order valence-corrected chi connectivity index (χ3v) is 4.51. The van der Waals surface area contributed by atoms with Crippen molar-refractivity contribution < 1.29 is 0 Å². The SMILES string of the molecule is C1=CCC(CCCCCCC2C=Cc3ccccc32)=C1. The Morgan fingerprint density at radius 2 is 1.90 bits per heavy atom. The maximum atomic E-state index is 2.39. The van der Waals surface area contributed by atoms with Gasteiger partial charge in [0, 0.05) is 5.92 Å². The van der Waals surface area contributed by atoms with Crippen LogP contribution in [0.25, 0.3) is 6.08 Å². The van der Waals surface area contributed by atoms with E-state index < -0.39 is 0 Å². The van der Waals surface area contributed by atoms with Gasteiger partial charge in [-0.3, -0.25) is 0 Å². The molecule has 0 bridgehead atoms. The zero-order chi connectivity index (χ0) is 13.6. The lowest BCUT2D eigenvalue weighted by Gasteiger charge is -2.10. The van der Waals surface area contributed by atoms with Crippen molar-refractivity contribution in [3.8, 4) is 0 Å². The summed E-state index contributed by atoms with van der Waals surface area (Å²) in [6.45, 7) is 0. The summed E-state index contributed by atoms with van der Waals surface area (Å²) < 4.78 is 0. The normalized spacial score (nSPS) is 19.4. The van der Waals surface area contributed by atoms with Crippen molar-refractivity contribution >= 4 is 6.08 Å². The quantitative estimate of drug-likeness (QED) is 0.528. The van der Waals surface area contributed by atoms with Crippen LogP contribution >= 0.6 is 0 Å². The molecule has 0 heterocycles. The summed E-state index contributed by atoms with van der Waals surface area (Å²) in [7, 11) is 0. The molecule has 20 heavy (non-hydrogen) atoms. The molecule has 0 aromatic heterocycles. The average molecular weight is 264 g/mol. The Balaban J connectivity index is 1.32. The van der Waals surface area contributed by atoms with Gasteiger partial charge in [0.1, 0.15) is 0 Å². The molecule has 1 aromatic rings. The van der Waals surface area contributed by atoms with Crippen LogP contribution in [-0.2, 0) is 0 Å². The molecule has 0 saturated heterocycles. The first-order valence-corrected chi connectivity index (χ1v) is 8.05. The molecule has 0 aliphatic heterocycles. The van der Waals surface area contributed by atoms with Crippen LogP contribution in [0.5, 0.6) is 0 Å². The molecule has 0 N–H and O–H groups in total. The van der Waals surface area contributed by atoms with Crippen LogP contribution in [0.3, 0.4) is 0 Å². The van der Waals surface area contributed by atoms with E-state index in [4.69, 9.17) is 0 Å². The molecule has 2 aliphatic rings. The monoisotopic (exact) mass is 264 g/mol. The zero-order valence-corrected chi connectivity index (χ0v) is 12.2. The van der Waals surface area contributed by atoms with E-state index in [0.29, 0.717) is 5.92 Å². The Morgan fingerprint density at radius 1 is 1.00 bits per heavy atom. The summed E-state index contributed by atoms with van der Waals surface area (Å²) in [6, 6.07) is 8.83. The smallest absolute Gasteiger partial charge is 0.00272 e. The van der Waals surface area contributed by atoms with Gasteiger partial charge in [-0.2, -0.15) is 0 Å². The van der Waals surface area contributed by atoms with Gasteiger partial charge < -0.3 is 0 Å². The number of unbranched alkanes of at least 4 members (excludes halogenated alkanes) is 3. The molecule has 2 aliphatic carbocycles. The highest BCUT2D eigenvalue weighted by molar-refractivity contribution is 5.62. The third-order valence-electron chi connectivity index (χ3n) is 4.51. The predicted molar refractivity (Wildman–Crippen MR) is 87.8 cm³/mol. The second-order valence-electron chi connectivity index (χ2n) is 6.00. The zero-order valence-electron chi connectivity index (χ0n) is 12.2. The van der Waals surface area contributed by atoms with E-state index >= 15 is 0 Å². The standard InChI is InChI=1S/C20H24/c1(3-9-17-10-5-6-11-17)2-4-12-18-15-16-19-13-7-8-14-20(18)19/h5-8,10,13-16,18H,1-4,9,11-12H2. The van der Waals surface area contributed by atoms with Gasteiger partial charge in [-0.1, -0.05) is 79.5 Å². The highest BCUT2D eigenvalue weighted by Crippen LogP contribution is 2.33. The second-order valence-corrected chi connectivity index (χ2v) is 6.00. The molecule has 3 rings (SSSR count). The molecule has 0 amide bonds. The van der Waals surface area contributed by atoms with Crippen molar-refractivity contribution in [1.82, 2.24) is 0 Å². The first-order valence-electron chi connectivity index (χ1n) is 8.05. The van der Waals surface area contributed by atoms with Crippen LogP contribution in [0.2, 0.25) is 0 Å². The van der Waals surface area contributed by atoms with E-state index in [-0.39, 0.29) is 0 Å². The number of hydrogen-bond donors (Lipinski definition) is 0. The van der Waals surface area contributed by atoms with Crippen molar-refractivity contribution in [3.05, 3.63) is 65.3 Å². The number of allylic oxidation sites excluding steroid dienone is 5. The highest BCUT2D eigenvalue weighted by atomic mass is 14.2. The molecule has 1 atom stereocenters. The van der Waals surface area contributed by atoms with Crippen LogP contribution in [0.1, 0.15) is 62.0 Å². The van der Waals surface area contributed by atoms with Gasteiger partial charge in [0.2, 0.25) is 0 Å². The van der Waals surface area contributed by atoms with Crippen molar-refractivity contribution in [3.63, 3.8) is 0 Å². The first-order chi connectivity index (χ1) is 9.93. The lowest BCUT2D eigenvalue weighted by Crippen LogP contribution is -1.93. The number of fused-ring (bicyclic) bond motifs is 1. The van der Waals surface area contributed by atoms with E-state index in [1.807, 2.05) is 0 Å². The van der Waals surface area contributed by atoms with Crippen LogP contribution in [0.15, 0.2) is 54.1 Å². The Hall–Kier alpha value is -1.56. The van der Waals surface area contributed by atoms with Crippen molar-refractivity contribution in [2.75, 3.05) is 0 Å². The average Bonchev–Trinajstić information content (AvgIpc) is 3.12. The Labute approximate surface area is 122 Å². The molecule has 1 unspecified atom stereocenters. The van der Waals surface area contributed by atoms with Crippen LogP contribution in [-0.4, -0.2) is 0 Å². The lowest BCUT2D eigenvalue weighted by atomic mass is 9.94. The summed E-state index contributed by atoms with van der Waals surface area (Å²) in [5.41, 5.74) is 4.59. The molecule has 1 aromatic carbocycles. The Bertz CT molecular complexity index is 531. The van der Waals surface area contributed by atoms with Crippen LogP contribution in [0, 0.1) is 0 Å². The fourth-order valence-corrected chi connectivity index (χ4v) is 3.32. The van der Waals surface area contributed by atoms with Gasteiger partial charge in [-0.25, -0.2) is 0 Å². The molecule has 0 saturated carbocycles. The first kappa shape index (κ1) is 13.4. The van der Waals surface area contributed by atoms with Crippen LogP contribution in [0.4, 0.5) is 0 Å². The highest BCUT2D eigenvalue weighted by Gasteiger charge is 2.15. The lowest BCUT2D eigenvalue weighted by molar-refractivity contribution is 0.591. The van der Waals surface area contributed by atoms with E-state index in [2.05, 4.69) is 54.6 Å². The van der Waals surface area contributed by atoms with E-state index in [0.717, 1.165) is 0 Å². The predicted octanol–water partition coefficient (Wildman–Crippen LogP) is 6.02. The molecular formula is C20H24. The number of hydrogen-bond acceptors (Lipinski definition) is 0. The number of rotatable bonds is 7. The maximum Gasteiger partial charge on any atom is 0.00272 e. The Kier molecular flexibility index (Phi) is 4.53.